The molecule has 2 saturated heterocycles. The predicted octanol–water partition coefficient (Wildman–Crippen LogP) is 2.18. The molecule has 5 nitrogen and oxygen atoms in total. The fraction of sp³-hybridized carbons (Fsp3) is 0.556. The van der Waals surface area contributed by atoms with E-state index >= 15 is 0 Å². The second-order valence-corrected chi connectivity index (χ2v) is 7.69. The summed E-state index contributed by atoms with van der Waals surface area (Å²) in [5.41, 5.74) is 1.97. The first kappa shape index (κ1) is 17.4. The lowest BCUT2D eigenvalue weighted by molar-refractivity contribution is -0.134. The maximum Gasteiger partial charge on any atom is 0.228 e. The third kappa shape index (κ3) is 3.49. The standard InChI is InChI=1S/C18H24BrN3O2/c1-12-7-15(3-4-16(12)19)22-11-14(8-17(22)23)18(24)21-6-5-13(10-21)9-20-2/h3-4,7,13-14,20H,5-6,8-11H2,1-2H3/t13-,14+/m0/s1. The summed E-state index contributed by atoms with van der Waals surface area (Å²) in [5, 5.41) is 3.18. The van der Waals surface area contributed by atoms with Gasteiger partial charge in [0.15, 0.2) is 0 Å². The van der Waals surface area contributed by atoms with Gasteiger partial charge in [-0.25, -0.2) is 0 Å². The minimum atomic E-state index is -0.213. The molecule has 2 aliphatic heterocycles. The van der Waals surface area contributed by atoms with Crippen molar-refractivity contribution in [1.82, 2.24) is 10.2 Å². The Morgan fingerprint density at radius 1 is 1.38 bits per heavy atom. The van der Waals surface area contributed by atoms with Crippen molar-refractivity contribution < 1.29 is 9.59 Å². The van der Waals surface area contributed by atoms with Crippen LogP contribution in [0, 0.1) is 18.8 Å². The van der Waals surface area contributed by atoms with Gasteiger partial charge in [0.1, 0.15) is 0 Å². The molecule has 2 amide bonds. The number of halogens is 1. The van der Waals surface area contributed by atoms with Crippen LogP contribution < -0.4 is 10.2 Å². The first-order chi connectivity index (χ1) is 11.5. The van der Waals surface area contributed by atoms with E-state index in [0.29, 0.717) is 18.9 Å². The van der Waals surface area contributed by atoms with Crippen LogP contribution in [0.2, 0.25) is 0 Å². The zero-order chi connectivity index (χ0) is 17.3. The van der Waals surface area contributed by atoms with Crippen molar-refractivity contribution in [3.05, 3.63) is 28.2 Å². The fourth-order valence-corrected chi connectivity index (χ4v) is 3.91. The highest BCUT2D eigenvalue weighted by molar-refractivity contribution is 9.10. The smallest absolute Gasteiger partial charge is 0.228 e. The van der Waals surface area contributed by atoms with Gasteiger partial charge < -0.3 is 15.1 Å². The van der Waals surface area contributed by atoms with Crippen molar-refractivity contribution in [3.63, 3.8) is 0 Å². The van der Waals surface area contributed by atoms with Crippen LogP contribution in [0.3, 0.4) is 0 Å². The van der Waals surface area contributed by atoms with Gasteiger partial charge in [0, 0.05) is 36.2 Å². The molecule has 2 aliphatic rings. The molecule has 0 saturated carbocycles. The number of likely N-dealkylation sites (tertiary alicyclic amines) is 1. The van der Waals surface area contributed by atoms with Crippen LogP contribution in [0.4, 0.5) is 5.69 Å². The van der Waals surface area contributed by atoms with Gasteiger partial charge in [0.2, 0.25) is 11.8 Å². The van der Waals surface area contributed by atoms with Crippen molar-refractivity contribution in [3.8, 4) is 0 Å². The summed E-state index contributed by atoms with van der Waals surface area (Å²) in [6, 6.07) is 5.88. The Kier molecular flexibility index (Phi) is 5.25. The van der Waals surface area contributed by atoms with Crippen molar-refractivity contribution in [2.45, 2.75) is 19.8 Å². The zero-order valence-electron chi connectivity index (χ0n) is 14.2. The zero-order valence-corrected chi connectivity index (χ0v) is 15.8. The topological polar surface area (TPSA) is 52.7 Å². The third-order valence-corrected chi connectivity index (χ3v) is 5.91. The number of nitrogens with zero attached hydrogens (tertiary/aromatic N) is 2. The minimum absolute atomic E-state index is 0.0426. The van der Waals surface area contributed by atoms with Crippen LogP contribution in [0.15, 0.2) is 22.7 Å². The molecule has 2 atom stereocenters. The van der Waals surface area contributed by atoms with Crippen LogP contribution >= 0.6 is 15.9 Å². The van der Waals surface area contributed by atoms with E-state index in [-0.39, 0.29) is 17.7 Å². The molecule has 0 bridgehead atoms. The van der Waals surface area contributed by atoms with Crippen molar-refractivity contribution in [2.24, 2.45) is 11.8 Å². The number of carbonyl (C=O) groups is 2. The molecule has 0 unspecified atom stereocenters. The van der Waals surface area contributed by atoms with E-state index in [1.807, 2.05) is 37.1 Å². The highest BCUT2D eigenvalue weighted by Crippen LogP contribution is 2.30. The van der Waals surface area contributed by atoms with Crippen molar-refractivity contribution in [1.29, 1.82) is 0 Å². The summed E-state index contributed by atoms with van der Waals surface area (Å²) in [7, 11) is 1.94. The first-order valence-corrected chi connectivity index (χ1v) is 9.28. The average molecular weight is 394 g/mol. The van der Waals surface area contributed by atoms with Crippen LogP contribution in [-0.2, 0) is 9.59 Å². The molecule has 0 spiro atoms. The number of anilines is 1. The summed E-state index contributed by atoms with van der Waals surface area (Å²) < 4.78 is 1.03. The summed E-state index contributed by atoms with van der Waals surface area (Å²) in [6.45, 7) is 5.06. The number of aryl methyl sites for hydroxylation is 1. The summed E-state index contributed by atoms with van der Waals surface area (Å²) in [6.07, 6.45) is 1.37. The first-order valence-electron chi connectivity index (χ1n) is 8.49. The lowest BCUT2D eigenvalue weighted by Crippen LogP contribution is -2.36. The molecule has 130 valence electrons. The van der Waals surface area contributed by atoms with Gasteiger partial charge in [-0.05, 0) is 56.6 Å². The highest BCUT2D eigenvalue weighted by Gasteiger charge is 2.39. The van der Waals surface area contributed by atoms with E-state index in [2.05, 4.69) is 21.2 Å². The molecule has 1 aromatic rings. The Balaban J connectivity index is 1.66. The Morgan fingerprint density at radius 2 is 2.17 bits per heavy atom. The van der Waals surface area contributed by atoms with Crippen LogP contribution in [0.5, 0.6) is 0 Å². The molecule has 6 heteroatoms. The SMILES string of the molecule is CNC[C@@H]1CCN(C(=O)[C@@H]2CC(=O)N(c3ccc(Br)c(C)c3)C2)C1. The molecule has 0 aliphatic carbocycles. The van der Waals surface area contributed by atoms with Crippen LogP contribution in [0.1, 0.15) is 18.4 Å². The number of amides is 2. The molecule has 2 heterocycles. The lowest BCUT2D eigenvalue weighted by atomic mass is 10.1. The second-order valence-electron chi connectivity index (χ2n) is 6.84. The van der Waals surface area contributed by atoms with E-state index in [1.165, 1.54) is 0 Å². The van der Waals surface area contributed by atoms with Gasteiger partial charge in [-0.1, -0.05) is 15.9 Å². The molecule has 3 rings (SSSR count). The maximum absolute atomic E-state index is 12.8. The number of rotatable bonds is 4. The second kappa shape index (κ2) is 7.23. The Bertz CT molecular complexity index is 649. The Hall–Kier alpha value is -1.40. The molecular formula is C18H24BrN3O2. The number of benzene rings is 1. The van der Waals surface area contributed by atoms with Crippen molar-refractivity contribution >= 4 is 33.4 Å². The maximum atomic E-state index is 12.8. The molecule has 1 aromatic carbocycles. The summed E-state index contributed by atoms with van der Waals surface area (Å²) in [5.74, 6) is 0.496. The van der Waals surface area contributed by atoms with Gasteiger partial charge in [0.05, 0.1) is 5.92 Å². The monoisotopic (exact) mass is 393 g/mol. The molecule has 2 fully saturated rings. The molecule has 1 N–H and O–H groups in total. The highest BCUT2D eigenvalue weighted by atomic mass is 79.9. The van der Waals surface area contributed by atoms with E-state index in [4.69, 9.17) is 0 Å². The molecule has 0 aromatic heterocycles. The Morgan fingerprint density at radius 3 is 2.88 bits per heavy atom. The van der Waals surface area contributed by atoms with Crippen molar-refractivity contribution in [2.75, 3.05) is 38.1 Å². The summed E-state index contributed by atoms with van der Waals surface area (Å²) in [4.78, 5) is 28.9. The van der Waals surface area contributed by atoms with Gasteiger partial charge in [-0.3, -0.25) is 9.59 Å². The van der Waals surface area contributed by atoms with E-state index < -0.39 is 0 Å². The number of hydrogen-bond donors (Lipinski definition) is 1. The lowest BCUT2D eigenvalue weighted by Gasteiger charge is -2.21. The van der Waals surface area contributed by atoms with Gasteiger partial charge >= 0.3 is 0 Å². The fourth-order valence-electron chi connectivity index (χ4n) is 3.67. The predicted molar refractivity (Wildman–Crippen MR) is 98.0 cm³/mol. The normalized spacial score (nSPS) is 24.0. The van der Waals surface area contributed by atoms with E-state index in [1.54, 1.807) is 4.90 Å². The Labute approximate surface area is 151 Å². The van der Waals surface area contributed by atoms with Crippen LogP contribution in [0.25, 0.3) is 0 Å². The van der Waals surface area contributed by atoms with Gasteiger partial charge in [-0.15, -0.1) is 0 Å². The largest absolute Gasteiger partial charge is 0.342 e. The molecular weight excluding hydrogens is 370 g/mol. The third-order valence-electron chi connectivity index (χ3n) is 5.02. The molecule has 24 heavy (non-hydrogen) atoms. The van der Waals surface area contributed by atoms with Crippen LogP contribution in [-0.4, -0.2) is 49.9 Å². The minimum Gasteiger partial charge on any atom is -0.342 e. The summed E-state index contributed by atoms with van der Waals surface area (Å²) >= 11 is 3.48. The number of nitrogens with one attached hydrogen (secondary N) is 1. The molecule has 0 radical (unpaired) electrons. The quantitative estimate of drug-likeness (QED) is 0.852. The number of carbonyl (C=O) groups excluding carboxylic acids is 2. The average Bonchev–Trinajstić information content (AvgIpc) is 3.17. The van der Waals surface area contributed by atoms with Gasteiger partial charge in [-0.2, -0.15) is 0 Å². The van der Waals surface area contributed by atoms with E-state index in [0.717, 1.165) is 41.8 Å². The van der Waals surface area contributed by atoms with E-state index in [9.17, 15) is 9.59 Å². The van der Waals surface area contributed by atoms with Gasteiger partial charge in [0.25, 0.3) is 0 Å². The number of hydrogen-bond acceptors (Lipinski definition) is 3.